The maximum absolute atomic E-state index is 5.65. The Morgan fingerprint density at radius 2 is 2.12 bits per heavy atom. The standard InChI is InChI=1S/C13H15NO2/c14-11-4-1-5-13(10-11)16-9-3-7-12-6-2-8-15-12/h1-2,4-6,8,10H,3,7,9,14H2. The van der Waals surface area contributed by atoms with Crippen molar-refractivity contribution in [2.24, 2.45) is 0 Å². The lowest BCUT2D eigenvalue weighted by atomic mass is 10.2. The van der Waals surface area contributed by atoms with Crippen LogP contribution in [0.1, 0.15) is 12.2 Å². The fourth-order valence-corrected chi connectivity index (χ4v) is 1.50. The van der Waals surface area contributed by atoms with E-state index >= 15 is 0 Å². The van der Waals surface area contributed by atoms with Gasteiger partial charge < -0.3 is 14.9 Å². The Hall–Kier alpha value is -1.90. The van der Waals surface area contributed by atoms with Crippen LogP contribution in [0.25, 0.3) is 0 Å². The quantitative estimate of drug-likeness (QED) is 0.618. The van der Waals surface area contributed by atoms with E-state index in [4.69, 9.17) is 14.9 Å². The van der Waals surface area contributed by atoms with Crippen molar-refractivity contribution in [3.8, 4) is 5.75 Å². The first kappa shape index (κ1) is 10.6. The Morgan fingerprint density at radius 3 is 2.88 bits per heavy atom. The van der Waals surface area contributed by atoms with Gasteiger partial charge >= 0.3 is 0 Å². The molecule has 2 N–H and O–H groups in total. The number of anilines is 1. The van der Waals surface area contributed by atoms with Gasteiger partial charge in [-0.05, 0) is 30.7 Å². The van der Waals surface area contributed by atoms with Crippen LogP contribution in [0.5, 0.6) is 5.75 Å². The molecule has 3 nitrogen and oxygen atoms in total. The van der Waals surface area contributed by atoms with Gasteiger partial charge in [0.2, 0.25) is 0 Å². The molecule has 2 aromatic rings. The number of nitrogen functional groups attached to an aromatic ring is 1. The third-order valence-corrected chi connectivity index (χ3v) is 2.27. The number of rotatable bonds is 5. The molecule has 1 heterocycles. The molecule has 16 heavy (non-hydrogen) atoms. The predicted molar refractivity (Wildman–Crippen MR) is 63.4 cm³/mol. The van der Waals surface area contributed by atoms with Crippen LogP contribution < -0.4 is 10.5 Å². The molecule has 2 rings (SSSR count). The van der Waals surface area contributed by atoms with E-state index in [1.54, 1.807) is 6.26 Å². The molecule has 0 bridgehead atoms. The van der Waals surface area contributed by atoms with E-state index in [0.29, 0.717) is 6.61 Å². The van der Waals surface area contributed by atoms with Gasteiger partial charge in [-0.15, -0.1) is 0 Å². The number of nitrogens with two attached hydrogens (primary N) is 1. The van der Waals surface area contributed by atoms with Crippen molar-refractivity contribution in [1.82, 2.24) is 0 Å². The Bertz CT molecular complexity index is 423. The van der Waals surface area contributed by atoms with Crippen LogP contribution >= 0.6 is 0 Å². The molecule has 0 spiro atoms. The summed E-state index contributed by atoms with van der Waals surface area (Å²) in [5.74, 6) is 1.82. The molecule has 1 aromatic carbocycles. The van der Waals surface area contributed by atoms with E-state index in [0.717, 1.165) is 30.0 Å². The van der Waals surface area contributed by atoms with Crippen LogP contribution in [0, 0.1) is 0 Å². The van der Waals surface area contributed by atoms with Gasteiger partial charge in [-0.1, -0.05) is 6.07 Å². The van der Waals surface area contributed by atoms with Crippen molar-refractivity contribution in [2.75, 3.05) is 12.3 Å². The number of ether oxygens (including phenoxy) is 1. The monoisotopic (exact) mass is 217 g/mol. The summed E-state index contributed by atoms with van der Waals surface area (Å²) in [4.78, 5) is 0. The molecule has 1 aromatic heterocycles. The smallest absolute Gasteiger partial charge is 0.121 e. The zero-order valence-corrected chi connectivity index (χ0v) is 9.06. The molecule has 3 heteroatoms. The molecule has 0 aliphatic carbocycles. The van der Waals surface area contributed by atoms with Crippen molar-refractivity contribution in [3.05, 3.63) is 48.4 Å². The average molecular weight is 217 g/mol. The van der Waals surface area contributed by atoms with Crippen LogP contribution in [-0.2, 0) is 6.42 Å². The molecule has 0 fully saturated rings. The summed E-state index contributed by atoms with van der Waals surface area (Å²) in [7, 11) is 0. The zero-order chi connectivity index (χ0) is 11.2. The van der Waals surface area contributed by atoms with Crippen molar-refractivity contribution < 1.29 is 9.15 Å². The summed E-state index contributed by atoms with van der Waals surface area (Å²) in [5, 5.41) is 0. The molecule has 0 saturated heterocycles. The molecule has 0 saturated carbocycles. The second-order valence-electron chi connectivity index (χ2n) is 3.60. The largest absolute Gasteiger partial charge is 0.494 e. The summed E-state index contributed by atoms with van der Waals surface area (Å²) in [6, 6.07) is 11.3. The first-order valence-electron chi connectivity index (χ1n) is 5.35. The van der Waals surface area contributed by atoms with Crippen LogP contribution in [0.15, 0.2) is 47.1 Å². The van der Waals surface area contributed by atoms with E-state index in [9.17, 15) is 0 Å². The van der Waals surface area contributed by atoms with E-state index in [-0.39, 0.29) is 0 Å². The molecule has 84 valence electrons. The Balaban J connectivity index is 1.72. The van der Waals surface area contributed by atoms with Gasteiger partial charge in [-0.25, -0.2) is 0 Å². The van der Waals surface area contributed by atoms with Gasteiger partial charge in [0.15, 0.2) is 0 Å². The van der Waals surface area contributed by atoms with Crippen molar-refractivity contribution in [1.29, 1.82) is 0 Å². The van der Waals surface area contributed by atoms with Gasteiger partial charge in [0.25, 0.3) is 0 Å². The molecule has 0 unspecified atom stereocenters. The number of benzene rings is 1. The van der Waals surface area contributed by atoms with E-state index in [1.165, 1.54) is 0 Å². The fraction of sp³-hybridized carbons (Fsp3) is 0.231. The minimum absolute atomic E-state index is 0.671. The number of aryl methyl sites for hydroxylation is 1. The minimum Gasteiger partial charge on any atom is -0.494 e. The summed E-state index contributed by atoms with van der Waals surface area (Å²) < 4.78 is 10.8. The first-order chi connectivity index (χ1) is 7.84. The van der Waals surface area contributed by atoms with E-state index in [1.807, 2.05) is 36.4 Å². The predicted octanol–water partition coefficient (Wildman–Crippen LogP) is 2.87. The van der Waals surface area contributed by atoms with Gasteiger partial charge in [0, 0.05) is 18.2 Å². The third-order valence-electron chi connectivity index (χ3n) is 2.27. The highest BCUT2D eigenvalue weighted by Crippen LogP contribution is 2.14. The van der Waals surface area contributed by atoms with Crippen molar-refractivity contribution in [3.63, 3.8) is 0 Å². The highest BCUT2D eigenvalue weighted by atomic mass is 16.5. The summed E-state index contributed by atoms with van der Waals surface area (Å²) in [6.45, 7) is 0.671. The summed E-state index contributed by atoms with van der Waals surface area (Å²) >= 11 is 0. The maximum atomic E-state index is 5.65. The lowest BCUT2D eigenvalue weighted by Crippen LogP contribution is -1.99. The Kier molecular flexibility index (Phi) is 3.49. The summed E-state index contributed by atoms with van der Waals surface area (Å²) in [5.41, 5.74) is 6.37. The molecular formula is C13H15NO2. The molecule has 0 radical (unpaired) electrons. The fourth-order valence-electron chi connectivity index (χ4n) is 1.50. The average Bonchev–Trinajstić information content (AvgIpc) is 2.77. The number of hydrogen-bond acceptors (Lipinski definition) is 3. The second-order valence-corrected chi connectivity index (χ2v) is 3.60. The lowest BCUT2D eigenvalue weighted by molar-refractivity contribution is 0.306. The molecule has 0 atom stereocenters. The zero-order valence-electron chi connectivity index (χ0n) is 9.06. The van der Waals surface area contributed by atoms with E-state index in [2.05, 4.69) is 0 Å². The minimum atomic E-state index is 0.671. The van der Waals surface area contributed by atoms with Crippen LogP contribution in [-0.4, -0.2) is 6.61 Å². The van der Waals surface area contributed by atoms with Crippen molar-refractivity contribution >= 4 is 5.69 Å². The third kappa shape index (κ3) is 3.05. The number of furan rings is 1. The Morgan fingerprint density at radius 1 is 1.19 bits per heavy atom. The first-order valence-corrected chi connectivity index (χ1v) is 5.35. The SMILES string of the molecule is Nc1cccc(OCCCc2ccco2)c1. The van der Waals surface area contributed by atoms with Gasteiger partial charge in [0.1, 0.15) is 11.5 Å². The van der Waals surface area contributed by atoms with Crippen LogP contribution in [0.4, 0.5) is 5.69 Å². The normalized spacial score (nSPS) is 10.2. The van der Waals surface area contributed by atoms with Gasteiger partial charge in [-0.2, -0.15) is 0 Å². The Labute approximate surface area is 94.8 Å². The second kappa shape index (κ2) is 5.26. The van der Waals surface area contributed by atoms with E-state index < -0.39 is 0 Å². The highest BCUT2D eigenvalue weighted by molar-refractivity contribution is 5.43. The molecule has 0 amide bonds. The maximum Gasteiger partial charge on any atom is 0.121 e. The van der Waals surface area contributed by atoms with Gasteiger partial charge in [-0.3, -0.25) is 0 Å². The van der Waals surface area contributed by atoms with Gasteiger partial charge in [0.05, 0.1) is 12.9 Å². The summed E-state index contributed by atoms with van der Waals surface area (Å²) in [6.07, 6.45) is 3.52. The van der Waals surface area contributed by atoms with Crippen LogP contribution in [0.2, 0.25) is 0 Å². The lowest BCUT2D eigenvalue weighted by Gasteiger charge is -2.05. The molecule has 0 aliphatic heterocycles. The highest BCUT2D eigenvalue weighted by Gasteiger charge is 1.97. The number of hydrogen-bond donors (Lipinski definition) is 1. The molecular weight excluding hydrogens is 202 g/mol. The van der Waals surface area contributed by atoms with Crippen LogP contribution in [0.3, 0.4) is 0 Å². The topological polar surface area (TPSA) is 48.4 Å². The molecule has 0 aliphatic rings. The van der Waals surface area contributed by atoms with Crippen molar-refractivity contribution in [2.45, 2.75) is 12.8 Å².